The molecule has 0 aliphatic heterocycles. The SMILES string of the molecule is Nc1cccc(N(c2ccc(-c3ccc4c(ccc5ccccc54)c3)cc2)c2cccc(-c3ccc4c5c(cccc35)-c3ccccc3-4)c2)c1. The summed E-state index contributed by atoms with van der Waals surface area (Å²) >= 11 is 0. The first kappa shape index (κ1) is 28.4. The third kappa shape index (κ3) is 4.50. The Hall–Kier alpha value is -6.64. The molecule has 2 heteroatoms. The van der Waals surface area contributed by atoms with Gasteiger partial charge in [0.05, 0.1) is 0 Å². The van der Waals surface area contributed by atoms with Crippen LogP contribution in [0, 0.1) is 0 Å². The third-order valence-corrected chi connectivity index (χ3v) is 10.3. The standard InChI is InChI=1S/C48H32N2/c49-36-10-6-12-39(30-36)50(37-23-20-31(21-24-37)33-22-25-41-35(28-33)19-18-32-8-1-2-13-40(32)41)38-11-5-9-34(29-38)42-26-27-47-44-15-4-3-14-43(44)46-17-7-16-45(42)48(46)47/h1-30H,49H2. The molecule has 0 saturated carbocycles. The molecule has 0 saturated heterocycles. The molecule has 9 aromatic rings. The van der Waals surface area contributed by atoms with Crippen molar-refractivity contribution in [2.45, 2.75) is 0 Å². The molecule has 0 unspecified atom stereocenters. The maximum atomic E-state index is 6.36. The van der Waals surface area contributed by atoms with Crippen LogP contribution in [-0.2, 0) is 0 Å². The summed E-state index contributed by atoms with van der Waals surface area (Å²) in [7, 11) is 0. The second kappa shape index (κ2) is 11.2. The fraction of sp³-hybridized carbons (Fsp3) is 0. The third-order valence-electron chi connectivity index (χ3n) is 10.3. The molecule has 50 heavy (non-hydrogen) atoms. The zero-order valence-electron chi connectivity index (χ0n) is 27.3. The summed E-state index contributed by atoms with van der Waals surface area (Å²) < 4.78 is 0. The maximum Gasteiger partial charge on any atom is 0.0482 e. The van der Waals surface area contributed by atoms with Gasteiger partial charge in [0.2, 0.25) is 0 Å². The Morgan fingerprint density at radius 1 is 0.320 bits per heavy atom. The molecule has 9 aromatic carbocycles. The van der Waals surface area contributed by atoms with Crippen LogP contribution in [0.4, 0.5) is 22.7 Å². The van der Waals surface area contributed by atoms with E-state index in [-0.39, 0.29) is 0 Å². The van der Waals surface area contributed by atoms with Gasteiger partial charge in [-0.3, -0.25) is 0 Å². The molecule has 10 rings (SSSR count). The lowest BCUT2D eigenvalue weighted by Crippen LogP contribution is -2.10. The minimum Gasteiger partial charge on any atom is -0.399 e. The van der Waals surface area contributed by atoms with Crippen LogP contribution in [0.25, 0.3) is 76.8 Å². The van der Waals surface area contributed by atoms with Gasteiger partial charge < -0.3 is 10.6 Å². The van der Waals surface area contributed by atoms with Crippen LogP contribution in [0.3, 0.4) is 0 Å². The molecule has 2 N–H and O–H groups in total. The van der Waals surface area contributed by atoms with Gasteiger partial charge in [0.15, 0.2) is 0 Å². The summed E-state index contributed by atoms with van der Waals surface area (Å²) in [6.07, 6.45) is 0. The van der Waals surface area contributed by atoms with E-state index < -0.39 is 0 Å². The molecule has 2 nitrogen and oxygen atoms in total. The Morgan fingerprint density at radius 3 is 1.78 bits per heavy atom. The lowest BCUT2D eigenvalue weighted by Gasteiger charge is -2.26. The van der Waals surface area contributed by atoms with Gasteiger partial charge in [0.25, 0.3) is 0 Å². The summed E-state index contributed by atoms with van der Waals surface area (Å²) in [4.78, 5) is 2.30. The Labute approximate surface area is 291 Å². The lowest BCUT2D eigenvalue weighted by atomic mass is 9.94. The Balaban J connectivity index is 1.06. The summed E-state index contributed by atoms with van der Waals surface area (Å²) in [6.45, 7) is 0. The van der Waals surface area contributed by atoms with Crippen LogP contribution in [-0.4, -0.2) is 0 Å². The van der Waals surface area contributed by atoms with Gasteiger partial charge in [-0.1, -0.05) is 133 Å². The van der Waals surface area contributed by atoms with E-state index in [1.54, 1.807) is 0 Å². The van der Waals surface area contributed by atoms with E-state index in [9.17, 15) is 0 Å². The van der Waals surface area contributed by atoms with Crippen LogP contribution in [0.5, 0.6) is 0 Å². The van der Waals surface area contributed by atoms with Crippen molar-refractivity contribution in [1.29, 1.82) is 0 Å². The molecule has 1 aliphatic rings. The minimum absolute atomic E-state index is 0.732. The van der Waals surface area contributed by atoms with Gasteiger partial charge in [-0.25, -0.2) is 0 Å². The van der Waals surface area contributed by atoms with Gasteiger partial charge in [-0.05, 0) is 125 Å². The van der Waals surface area contributed by atoms with E-state index in [1.165, 1.54) is 76.8 Å². The van der Waals surface area contributed by atoms with E-state index in [0.717, 1.165) is 22.7 Å². The van der Waals surface area contributed by atoms with Crippen molar-refractivity contribution in [1.82, 2.24) is 0 Å². The molecule has 0 aromatic heterocycles. The van der Waals surface area contributed by atoms with Crippen molar-refractivity contribution in [3.8, 4) is 44.5 Å². The number of hydrogen-bond acceptors (Lipinski definition) is 2. The predicted molar refractivity (Wildman–Crippen MR) is 213 cm³/mol. The zero-order valence-corrected chi connectivity index (χ0v) is 27.3. The van der Waals surface area contributed by atoms with Gasteiger partial charge in [0.1, 0.15) is 0 Å². The minimum atomic E-state index is 0.732. The average Bonchev–Trinajstić information content (AvgIpc) is 3.50. The number of fused-ring (bicyclic) bond motifs is 6. The van der Waals surface area contributed by atoms with Gasteiger partial charge in [-0.2, -0.15) is 0 Å². The first-order valence-electron chi connectivity index (χ1n) is 17.1. The highest BCUT2D eigenvalue weighted by atomic mass is 15.1. The maximum absolute atomic E-state index is 6.36. The van der Waals surface area contributed by atoms with Crippen LogP contribution in [0.15, 0.2) is 182 Å². The number of hydrogen-bond donors (Lipinski definition) is 1. The number of anilines is 4. The van der Waals surface area contributed by atoms with E-state index in [2.05, 4.69) is 169 Å². The monoisotopic (exact) mass is 636 g/mol. The van der Waals surface area contributed by atoms with Crippen molar-refractivity contribution in [2.24, 2.45) is 0 Å². The summed E-state index contributed by atoms with van der Waals surface area (Å²) in [5.41, 5.74) is 20.3. The van der Waals surface area contributed by atoms with Crippen LogP contribution in [0.1, 0.15) is 0 Å². The number of benzene rings is 9. The fourth-order valence-electron chi connectivity index (χ4n) is 7.98. The first-order valence-corrected chi connectivity index (χ1v) is 17.1. The number of nitrogens with two attached hydrogens (primary N) is 1. The van der Waals surface area contributed by atoms with Gasteiger partial charge in [0, 0.05) is 22.7 Å². The topological polar surface area (TPSA) is 29.3 Å². The highest BCUT2D eigenvalue weighted by Crippen LogP contribution is 2.49. The molecule has 0 amide bonds. The van der Waals surface area contributed by atoms with Crippen molar-refractivity contribution in [3.05, 3.63) is 182 Å². The molecule has 0 heterocycles. The predicted octanol–water partition coefficient (Wildman–Crippen LogP) is 13.2. The normalized spacial score (nSPS) is 11.7. The highest BCUT2D eigenvalue weighted by molar-refractivity contribution is 6.18. The Morgan fingerprint density at radius 2 is 0.940 bits per heavy atom. The van der Waals surface area contributed by atoms with Crippen molar-refractivity contribution in [2.75, 3.05) is 10.6 Å². The molecular formula is C48H32N2. The number of nitrogens with zero attached hydrogens (tertiary/aromatic N) is 1. The molecule has 0 radical (unpaired) electrons. The second-order valence-electron chi connectivity index (χ2n) is 13.2. The molecule has 0 spiro atoms. The van der Waals surface area contributed by atoms with Gasteiger partial charge in [-0.15, -0.1) is 0 Å². The highest BCUT2D eigenvalue weighted by Gasteiger charge is 2.22. The molecule has 0 atom stereocenters. The van der Waals surface area contributed by atoms with Gasteiger partial charge >= 0.3 is 0 Å². The van der Waals surface area contributed by atoms with E-state index in [1.807, 2.05) is 18.2 Å². The lowest BCUT2D eigenvalue weighted by molar-refractivity contribution is 1.28. The average molecular weight is 637 g/mol. The molecule has 234 valence electrons. The number of nitrogen functional groups attached to an aromatic ring is 1. The molecular weight excluding hydrogens is 605 g/mol. The van der Waals surface area contributed by atoms with Crippen LogP contribution < -0.4 is 10.6 Å². The largest absolute Gasteiger partial charge is 0.399 e. The smallest absolute Gasteiger partial charge is 0.0482 e. The quantitative estimate of drug-likeness (QED) is 0.150. The van der Waals surface area contributed by atoms with E-state index >= 15 is 0 Å². The molecule has 0 fully saturated rings. The van der Waals surface area contributed by atoms with Crippen molar-refractivity contribution < 1.29 is 0 Å². The Kier molecular flexibility index (Phi) is 6.37. The summed E-state index contributed by atoms with van der Waals surface area (Å²) in [6, 6.07) is 65.7. The summed E-state index contributed by atoms with van der Waals surface area (Å²) in [5, 5.41) is 7.69. The molecule has 0 bridgehead atoms. The van der Waals surface area contributed by atoms with Crippen LogP contribution >= 0.6 is 0 Å². The van der Waals surface area contributed by atoms with Crippen molar-refractivity contribution in [3.63, 3.8) is 0 Å². The van der Waals surface area contributed by atoms with Crippen molar-refractivity contribution >= 4 is 55.1 Å². The van der Waals surface area contributed by atoms with E-state index in [0.29, 0.717) is 0 Å². The second-order valence-corrected chi connectivity index (χ2v) is 13.2. The zero-order chi connectivity index (χ0) is 33.2. The van der Waals surface area contributed by atoms with E-state index in [4.69, 9.17) is 5.73 Å². The Bertz CT molecular complexity index is 2750. The molecule has 1 aliphatic carbocycles. The fourth-order valence-corrected chi connectivity index (χ4v) is 7.98. The first-order chi connectivity index (χ1) is 24.7. The number of rotatable bonds is 5. The van der Waals surface area contributed by atoms with Crippen LogP contribution in [0.2, 0.25) is 0 Å². The summed E-state index contributed by atoms with van der Waals surface area (Å²) in [5.74, 6) is 0.